The van der Waals surface area contributed by atoms with Gasteiger partial charge in [0.1, 0.15) is 39.9 Å². The van der Waals surface area contributed by atoms with Crippen LogP contribution in [0.5, 0.6) is 0 Å². The van der Waals surface area contributed by atoms with Gasteiger partial charge in [-0.05, 0) is 0 Å². The van der Waals surface area contributed by atoms with Crippen LogP contribution in [0, 0.1) is 0 Å². The van der Waals surface area contributed by atoms with E-state index in [1.54, 1.807) is 0 Å². The summed E-state index contributed by atoms with van der Waals surface area (Å²) in [4.78, 5) is 20.5. The minimum Gasteiger partial charge on any atom is -0.791 e. The van der Waals surface area contributed by atoms with E-state index >= 15 is 0 Å². The van der Waals surface area contributed by atoms with Gasteiger partial charge in [0.05, 0.1) is 0 Å². The Bertz CT molecular complexity index is 225. The molecule has 0 aliphatic heterocycles. The van der Waals surface area contributed by atoms with Crippen LogP contribution in [-0.4, -0.2) is 36.1 Å². The zero-order valence-electron chi connectivity index (χ0n) is 10.6. The van der Waals surface area contributed by atoms with Gasteiger partial charge in [-0.1, -0.05) is 0 Å². The molecule has 0 aromatic heterocycles. The Labute approximate surface area is 130 Å². The maximum absolute atomic E-state index is 10.3. The van der Waals surface area contributed by atoms with E-state index in [4.69, 9.17) is 16.6 Å². The van der Waals surface area contributed by atoms with Crippen LogP contribution in [0.2, 0.25) is 0 Å². The molecule has 0 fully saturated rings. The van der Waals surface area contributed by atoms with Crippen molar-refractivity contribution in [3.8, 4) is 0 Å². The van der Waals surface area contributed by atoms with Gasteiger partial charge < -0.3 is 52.8 Å². The van der Waals surface area contributed by atoms with Crippen molar-refractivity contribution >= 4 is 31.4 Å². The van der Waals surface area contributed by atoms with Crippen LogP contribution in [0.15, 0.2) is 0 Å². The van der Waals surface area contributed by atoms with Crippen molar-refractivity contribution in [3.05, 3.63) is 0 Å². The largest absolute Gasteiger partial charge is 0.791 e. The average Bonchev–Trinajstić information content (AvgIpc) is 2.31. The number of hydrogen-bond acceptors (Lipinski definition) is 4. The third kappa shape index (κ3) is 32.8. The predicted molar refractivity (Wildman–Crippen MR) is 65.2 cm³/mol. The molecule has 15 heteroatoms. The number of rotatable bonds is 4. The summed E-state index contributed by atoms with van der Waals surface area (Å²) in [6.07, 6.45) is -0.0694. The summed E-state index contributed by atoms with van der Waals surface area (Å²) in [6.45, 7) is 0. The molecule has 0 aliphatic rings. The first-order chi connectivity index (χ1) is 7.66. The van der Waals surface area contributed by atoms with Gasteiger partial charge in [0.15, 0.2) is 0 Å². The molecule has 0 unspecified atom stereocenters. The van der Waals surface area contributed by atoms with Gasteiger partial charge >= 0.3 is 38.4 Å². The zero-order valence-corrected chi connectivity index (χ0v) is 18.0. The molecular weight excluding hydrogens is 445 g/mol. The molecule has 0 bridgehead atoms. The van der Waals surface area contributed by atoms with Gasteiger partial charge in [-0.15, -0.1) is 0 Å². The third-order valence-corrected chi connectivity index (χ3v) is 4.09. The average molecular weight is 470 g/mol. The Morgan fingerprint density at radius 1 is 0.789 bits per heavy atom. The minimum absolute atomic E-state index is 0. The molecular formula is C4H24CdCl2N4O6P2+2. The van der Waals surface area contributed by atoms with E-state index in [1.807, 2.05) is 0 Å². The number of quaternary nitrogens is 4. The standard InChI is InChI=1S/2C2H9N2O2P.Cd.2ClH.2H2O/c2*3-1-7(5,6)2-4;;;;;/h2*1-4H2,(H,5,6);;2*1H;2*1H2/q;;+2;;;;. The molecule has 16 N–H and O–H groups in total. The van der Waals surface area contributed by atoms with Crippen LogP contribution < -0.4 is 32.7 Å². The van der Waals surface area contributed by atoms with Crippen molar-refractivity contribution in [3.63, 3.8) is 0 Å². The molecule has 0 heterocycles. The normalized spacial score (nSPS) is 9.26. The van der Waals surface area contributed by atoms with E-state index in [0.717, 1.165) is 0 Å². The van der Waals surface area contributed by atoms with Gasteiger partial charge in [0, 0.05) is 0 Å². The quantitative estimate of drug-likeness (QED) is 0.231. The molecule has 19 heavy (non-hydrogen) atoms. The van der Waals surface area contributed by atoms with E-state index in [2.05, 4.69) is 22.9 Å². The number of hydrogen-bond donors (Lipinski definition) is 4. The molecule has 0 rings (SSSR count). The molecule has 0 radical (unpaired) electrons. The second-order valence-electron chi connectivity index (χ2n) is 2.62. The Morgan fingerprint density at radius 3 is 0.895 bits per heavy atom. The Hall–Kier alpha value is 1.64. The first-order valence-electron chi connectivity index (χ1n) is 4.53. The van der Waals surface area contributed by atoms with Crippen LogP contribution in [-0.2, 0) is 30.9 Å². The van der Waals surface area contributed by atoms with Crippen molar-refractivity contribution in [2.24, 2.45) is 0 Å². The van der Waals surface area contributed by atoms with Gasteiger partial charge in [-0.2, -0.15) is 0 Å². The minimum atomic E-state index is -3.13. The van der Waals surface area contributed by atoms with Crippen molar-refractivity contribution in [1.29, 1.82) is 0 Å². The maximum Gasteiger partial charge on any atom is 0.122 e. The summed E-state index contributed by atoms with van der Waals surface area (Å²) in [6, 6.07) is 0. The van der Waals surface area contributed by atoms with E-state index in [9.17, 15) is 18.9 Å². The van der Waals surface area contributed by atoms with Crippen molar-refractivity contribution in [1.82, 2.24) is 0 Å². The Kier molecular flexibility index (Phi) is 33.6. The summed E-state index contributed by atoms with van der Waals surface area (Å²) in [5.41, 5.74) is 12.9. The van der Waals surface area contributed by atoms with E-state index in [1.165, 1.54) is 0 Å². The molecule has 0 aromatic carbocycles. The summed E-state index contributed by atoms with van der Waals surface area (Å²) >= 11 is -1.07. The third-order valence-electron chi connectivity index (χ3n) is 1.36. The number of halogens is 2. The molecule has 0 atom stereocenters. The van der Waals surface area contributed by atoms with Crippen molar-refractivity contribution in [2.75, 3.05) is 25.1 Å². The predicted octanol–water partition coefficient (Wildman–Crippen LogP) is -6.23. The molecule has 120 valence electrons. The van der Waals surface area contributed by atoms with Crippen LogP contribution in [0.1, 0.15) is 0 Å². The van der Waals surface area contributed by atoms with Crippen molar-refractivity contribution in [2.45, 2.75) is 0 Å². The molecule has 0 aromatic rings. The molecule has 0 aliphatic carbocycles. The molecule has 0 spiro atoms. The fourth-order valence-corrected chi connectivity index (χ4v) is 0.671. The van der Waals surface area contributed by atoms with Crippen LogP contribution in [0.25, 0.3) is 0 Å². The van der Waals surface area contributed by atoms with E-state index < -0.39 is 36.5 Å². The zero-order chi connectivity index (χ0) is 14.5. The molecule has 0 saturated carbocycles. The van der Waals surface area contributed by atoms with Gasteiger partial charge in [0.25, 0.3) is 0 Å². The second-order valence-corrected chi connectivity index (χ2v) is 13.7. The topological polar surface area (TPSA) is 254 Å². The van der Waals surface area contributed by atoms with Crippen LogP contribution >= 0.6 is 31.4 Å². The monoisotopic (exact) mass is 470 g/mol. The Morgan fingerprint density at radius 2 is 0.895 bits per heavy atom. The fourth-order valence-electron chi connectivity index (χ4n) is 0.224. The first-order valence-corrected chi connectivity index (χ1v) is 18.7. The van der Waals surface area contributed by atoms with E-state index in [-0.39, 0.29) is 36.1 Å². The van der Waals surface area contributed by atoms with Crippen LogP contribution in [0.3, 0.4) is 0 Å². The molecule has 0 amide bonds. The Balaban J connectivity index is -0.0000000525. The summed E-state index contributed by atoms with van der Waals surface area (Å²) in [5.74, 6) is 0. The SMILES string of the molecule is O.O.[Cl][Cd][Cl].[NH3+]CP(=O)([O-])C[NH3+].[NH3+]CP(=O)([O-])C[NH3+]. The van der Waals surface area contributed by atoms with Gasteiger partial charge in [-0.3, -0.25) is 0 Å². The smallest absolute Gasteiger partial charge is 0.122 e. The summed E-state index contributed by atoms with van der Waals surface area (Å²) < 4.78 is 20.5. The van der Waals surface area contributed by atoms with E-state index in [0.29, 0.717) is 0 Å². The fraction of sp³-hybridized carbons (Fsp3) is 1.00. The molecule has 0 saturated heterocycles. The maximum atomic E-state index is 10.3. The molecule has 10 nitrogen and oxygen atoms in total. The van der Waals surface area contributed by atoms with Gasteiger partial charge in [-0.25, -0.2) is 0 Å². The first kappa shape index (κ1) is 32.5. The van der Waals surface area contributed by atoms with Crippen molar-refractivity contribution < 1.29 is 74.6 Å². The second kappa shape index (κ2) is 19.6. The van der Waals surface area contributed by atoms with Crippen LogP contribution in [0.4, 0.5) is 0 Å². The summed E-state index contributed by atoms with van der Waals surface area (Å²) in [7, 11) is 3.69. The summed E-state index contributed by atoms with van der Waals surface area (Å²) in [5, 5.41) is 0. The van der Waals surface area contributed by atoms with Gasteiger partial charge in [0.2, 0.25) is 0 Å².